The quantitative estimate of drug-likeness (QED) is 0.923. The number of amides is 1. The Morgan fingerprint density at radius 1 is 1.36 bits per heavy atom. The number of likely N-dealkylation sites (N-methyl/N-ethyl adjacent to an activating group) is 1. The molecule has 0 saturated carbocycles. The highest BCUT2D eigenvalue weighted by Crippen LogP contribution is 2.32. The SMILES string of the molecule is CN1CC[C@@H](Oc2ccc(C(N)=O)cc2-c2ccnn2C)C1. The number of aryl methyl sites for hydroxylation is 1. The zero-order valence-corrected chi connectivity index (χ0v) is 12.8. The van der Waals surface area contributed by atoms with E-state index in [1.54, 1.807) is 23.0 Å². The largest absolute Gasteiger partial charge is 0.488 e. The summed E-state index contributed by atoms with van der Waals surface area (Å²) in [6.45, 7) is 1.94. The maximum Gasteiger partial charge on any atom is 0.248 e. The van der Waals surface area contributed by atoms with Gasteiger partial charge >= 0.3 is 0 Å². The van der Waals surface area contributed by atoms with Crippen molar-refractivity contribution in [2.45, 2.75) is 12.5 Å². The second-order valence-electron chi connectivity index (χ2n) is 5.71. The molecule has 0 spiro atoms. The first kappa shape index (κ1) is 14.6. The molecule has 1 aliphatic heterocycles. The number of carbonyl (C=O) groups is 1. The summed E-state index contributed by atoms with van der Waals surface area (Å²) >= 11 is 0. The molecule has 1 aromatic heterocycles. The Balaban J connectivity index is 1.98. The van der Waals surface area contributed by atoms with Crippen molar-refractivity contribution in [1.82, 2.24) is 14.7 Å². The number of rotatable bonds is 4. The van der Waals surface area contributed by atoms with Crippen molar-refractivity contribution in [1.29, 1.82) is 0 Å². The molecule has 6 heteroatoms. The van der Waals surface area contributed by atoms with Crippen LogP contribution in [0.3, 0.4) is 0 Å². The maximum absolute atomic E-state index is 11.5. The third kappa shape index (κ3) is 2.82. The van der Waals surface area contributed by atoms with E-state index in [0.717, 1.165) is 36.5 Å². The van der Waals surface area contributed by atoms with E-state index in [-0.39, 0.29) is 6.10 Å². The summed E-state index contributed by atoms with van der Waals surface area (Å²) in [5.74, 6) is 0.310. The van der Waals surface area contributed by atoms with Gasteiger partial charge in [0.2, 0.25) is 5.91 Å². The first-order valence-corrected chi connectivity index (χ1v) is 7.32. The number of primary amides is 1. The van der Waals surface area contributed by atoms with E-state index in [0.29, 0.717) is 5.56 Å². The molecule has 1 aromatic carbocycles. The first-order chi connectivity index (χ1) is 10.5. The van der Waals surface area contributed by atoms with Crippen molar-refractivity contribution in [2.24, 2.45) is 12.8 Å². The highest BCUT2D eigenvalue weighted by Gasteiger charge is 2.23. The standard InChI is InChI=1S/C16H20N4O2/c1-19-8-6-12(10-19)22-15-4-3-11(16(17)21)9-13(15)14-5-7-18-20(14)2/h3-5,7,9,12H,6,8,10H2,1-2H3,(H2,17,21)/t12-/m1/s1. The van der Waals surface area contributed by atoms with Gasteiger partial charge in [-0.25, -0.2) is 0 Å². The van der Waals surface area contributed by atoms with Gasteiger partial charge in [-0.1, -0.05) is 0 Å². The zero-order valence-electron chi connectivity index (χ0n) is 12.8. The van der Waals surface area contributed by atoms with Gasteiger partial charge in [0.1, 0.15) is 11.9 Å². The van der Waals surface area contributed by atoms with Crippen molar-refractivity contribution in [3.63, 3.8) is 0 Å². The predicted octanol–water partition coefficient (Wildman–Crippen LogP) is 1.27. The number of carbonyl (C=O) groups excluding carboxylic acids is 1. The third-order valence-corrected chi connectivity index (χ3v) is 4.00. The van der Waals surface area contributed by atoms with Crippen LogP contribution in [0.1, 0.15) is 16.8 Å². The van der Waals surface area contributed by atoms with E-state index >= 15 is 0 Å². The van der Waals surface area contributed by atoms with Crippen LogP contribution in [0.4, 0.5) is 0 Å². The lowest BCUT2D eigenvalue weighted by Crippen LogP contribution is -2.22. The first-order valence-electron chi connectivity index (χ1n) is 7.32. The highest BCUT2D eigenvalue weighted by molar-refractivity contribution is 5.94. The summed E-state index contributed by atoms with van der Waals surface area (Å²) in [6, 6.07) is 7.19. The average Bonchev–Trinajstić information content (AvgIpc) is 3.08. The van der Waals surface area contributed by atoms with Crippen molar-refractivity contribution in [2.75, 3.05) is 20.1 Å². The van der Waals surface area contributed by atoms with Gasteiger partial charge in [0, 0.05) is 37.5 Å². The Morgan fingerprint density at radius 2 is 2.18 bits per heavy atom. The molecule has 1 amide bonds. The van der Waals surface area contributed by atoms with Crippen LogP contribution >= 0.6 is 0 Å². The predicted molar refractivity (Wildman–Crippen MR) is 83.7 cm³/mol. The summed E-state index contributed by atoms with van der Waals surface area (Å²) in [4.78, 5) is 13.7. The second-order valence-corrected chi connectivity index (χ2v) is 5.71. The molecule has 2 N–H and O–H groups in total. The summed E-state index contributed by atoms with van der Waals surface area (Å²) < 4.78 is 7.91. The molecule has 0 aliphatic carbocycles. The molecule has 3 rings (SSSR count). The van der Waals surface area contributed by atoms with Gasteiger partial charge in [-0.05, 0) is 37.7 Å². The molecule has 0 radical (unpaired) electrons. The van der Waals surface area contributed by atoms with Gasteiger partial charge in [0.25, 0.3) is 0 Å². The Labute approximate surface area is 129 Å². The van der Waals surface area contributed by atoms with Crippen LogP contribution in [-0.2, 0) is 7.05 Å². The second kappa shape index (κ2) is 5.81. The Morgan fingerprint density at radius 3 is 2.77 bits per heavy atom. The number of benzene rings is 1. The van der Waals surface area contributed by atoms with Crippen molar-refractivity contribution >= 4 is 5.91 Å². The topological polar surface area (TPSA) is 73.4 Å². The van der Waals surface area contributed by atoms with Crippen LogP contribution in [0.15, 0.2) is 30.5 Å². The third-order valence-electron chi connectivity index (χ3n) is 4.00. The molecule has 1 atom stereocenters. The van der Waals surface area contributed by atoms with E-state index in [9.17, 15) is 4.79 Å². The normalized spacial score (nSPS) is 18.5. The number of nitrogens with zero attached hydrogens (tertiary/aromatic N) is 3. The lowest BCUT2D eigenvalue weighted by Gasteiger charge is -2.17. The van der Waals surface area contributed by atoms with E-state index in [1.165, 1.54) is 0 Å². The Hall–Kier alpha value is -2.34. The molecule has 1 fully saturated rings. The molecule has 22 heavy (non-hydrogen) atoms. The maximum atomic E-state index is 11.5. The van der Waals surface area contributed by atoms with Crippen LogP contribution in [0.25, 0.3) is 11.3 Å². The highest BCUT2D eigenvalue weighted by atomic mass is 16.5. The van der Waals surface area contributed by atoms with Crippen molar-refractivity contribution in [3.8, 4) is 17.0 Å². The van der Waals surface area contributed by atoms with E-state index in [4.69, 9.17) is 10.5 Å². The van der Waals surface area contributed by atoms with E-state index < -0.39 is 5.91 Å². The molecular weight excluding hydrogens is 280 g/mol. The van der Waals surface area contributed by atoms with Gasteiger partial charge < -0.3 is 15.4 Å². The smallest absolute Gasteiger partial charge is 0.248 e. The minimum Gasteiger partial charge on any atom is -0.488 e. The van der Waals surface area contributed by atoms with Crippen molar-refractivity contribution < 1.29 is 9.53 Å². The molecule has 2 heterocycles. The lowest BCUT2D eigenvalue weighted by atomic mass is 10.1. The molecule has 6 nitrogen and oxygen atoms in total. The van der Waals surface area contributed by atoms with E-state index in [2.05, 4.69) is 17.0 Å². The van der Waals surface area contributed by atoms with Gasteiger partial charge in [-0.2, -0.15) is 5.10 Å². The fourth-order valence-electron chi connectivity index (χ4n) is 2.79. The van der Waals surface area contributed by atoms with Gasteiger partial charge in [-0.3, -0.25) is 9.48 Å². The summed E-state index contributed by atoms with van der Waals surface area (Å²) in [5, 5.41) is 4.19. The average molecular weight is 300 g/mol. The van der Waals surface area contributed by atoms with Crippen LogP contribution in [0.2, 0.25) is 0 Å². The van der Waals surface area contributed by atoms with Gasteiger partial charge in [-0.15, -0.1) is 0 Å². The number of aromatic nitrogens is 2. The minimum absolute atomic E-state index is 0.163. The van der Waals surface area contributed by atoms with Crippen LogP contribution in [-0.4, -0.2) is 46.8 Å². The van der Waals surface area contributed by atoms with Gasteiger partial charge in [0.15, 0.2) is 0 Å². The molecular formula is C16H20N4O2. The number of hydrogen-bond donors (Lipinski definition) is 1. The molecule has 2 aromatic rings. The Kier molecular flexibility index (Phi) is 3.85. The van der Waals surface area contributed by atoms with Crippen molar-refractivity contribution in [3.05, 3.63) is 36.0 Å². The minimum atomic E-state index is -0.449. The molecule has 1 saturated heterocycles. The fourth-order valence-corrected chi connectivity index (χ4v) is 2.79. The van der Waals surface area contributed by atoms with Crippen LogP contribution in [0.5, 0.6) is 5.75 Å². The van der Waals surface area contributed by atoms with Gasteiger partial charge in [0.05, 0.1) is 5.69 Å². The molecule has 0 unspecified atom stereocenters. The summed E-state index contributed by atoms with van der Waals surface area (Å²) in [5.41, 5.74) is 7.59. The van der Waals surface area contributed by atoms with Crippen LogP contribution < -0.4 is 10.5 Å². The monoisotopic (exact) mass is 300 g/mol. The molecule has 116 valence electrons. The summed E-state index contributed by atoms with van der Waals surface area (Å²) in [6.07, 6.45) is 2.88. The fraction of sp³-hybridized carbons (Fsp3) is 0.375. The Bertz CT molecular complexity index is 695. The zero-order chi connectivity index (χ0) is 15.7. The number of ether oxygens (including phenoxy) is 1. The van der Waals surface area contributed by atoms with Crippen LogP contribution in [0, 0.1) is 0 Å². The number of hydrogen-bond acceptors (Lipinski definition) is 4. The number of nitrogens with two attached hydrogens (primary N) is 1. The molecule has 1 aliphatic rings. The lowest BCUT2D eigenvalue weighted by molar-refractivity contribution is 0.100. The number of likely N-dealkylation sites (tertiary alicyclic amines) is 1. The molecule has 0 bridgehead atoms. The summed E-state index contributed by atoms with van der Waals surface area (Å²) in [7, 11) is 3.95. The van der Waals surface area contributed by atoms with E-state index in [1.807, 2.05) is 19.2 Å².